The average molecular weight is 321 g/mol. The molecule has 0 heterocycles. The summed E-state index contributed by atoms with van der Waals surface area (Å²) in [4.78, 5) is 12.2. The zero-order valence-corrected chi connectivity index (χ0v) is 12.8. The number of hydrogen-bond acceptors (Lipinski definition) is 2. The highest BCUT2D eigenvalue weighted by Crippen LogP contribution is 2.21. The van der Waals surface area contributed by atoms with Gasteiger partial charge in [-0.15, -0.1) is 11.8 Å². The van der Waals surface area contributed by atoms with E-state index in [1.807, 2.05) is 0 Å². The minimum Gasteiger partial charge on any atom is -0.356 e. The Morgan fingerprint density at radius 1 is 1.05 bits per heavy atom. The molecule has 0 radical (unpaired) electrons. The van der Waals surface area contributed by atoms with Gasteiger partial charge < -0.3 is 5.32 Å². The van der Waals surface area contributed by atoms with E-state index in [2.05, 4.69) is 5.32 Å². The van der Waals surface area contributed by atoms with Crippen molar-refractivity contribution in [2.75, 3.05) is 12.3 Å². The van der Waals surface area contributed by atoms with E-state index in [0.717, 1.165) is 5.56 Å². The second-order valence-corrected chi connectivity index (χ2v) is 5.89. The van der Waals surface area contributed by atoms with Crippen molar-refractivity contribution in [3.05, 3.63) is 65.7 Å². The van der Waals surface area contributed by atoms with Crippen LogP contribution in [-0.4, -0.2) is 18.2 Å². The minimum absolute atomic E-state index is 0.0639. The first-order valence-corrected chi connectivity index (χ1v) is 8.02. The third-order valence-electron chi connectivity index (χ3n) is 3.07. The maximum Gasteiger partial charge on any atom is 0.220 e. The summed E-state index contributed by atoms with van der Waals surface area (Å²) in [6.45, 7) is 0.509. The molecule has 1 N–H and O–H groups in total. The van der Waals surface area contributed by atoms with Gasteiger partial charge in [-0.05, 0) is 36.2 Å². The van der Waals surface area contributed by atoms with Crippen LogP contribution in [0.4, 0.5) is 8.78 Å². The summed E-state index contributed by atoms with van der Waals surface area (Å²) in [6, 6.07) is 12.7. The van der Waals surface area contributed by atoms with E-state index in [9.17, 15) is 13.6 Å². The maximum absolute atomic E-state index is 13.4. The Hall–Kier alpha value is -1.88. The standard InChI is InChI=1S/C17H17F2NOS/c18-14-7-5-13(6-8-14)9-11-20-17(21)10-12-22-16-4-2-1-3-15(16)19/h1-8H,9-12H2,(H,20,21). The van der Waals surface area contributed by atoms with E-state index < -0.39 is 0 Å². The van der Waals surface area contributed by atoms with E-state index in [-0.39, 0.29) is 17.5 Å². The van der Waals surface area contributed by atoms with Crippen molar-refractivity contribution in [2.45, 2.75) is 17.7 Å². The number of hydrogen-bond donors (Lipinski definition) is 1. The average Bonchev–Trinajstić information content (AvgIpc) is 2.51. The minimum atomic E-state index is -0.266. The number of nitrogens with one attached hydrogen (secondary N) is 1. The molecule has 0 aliphatic rings. The Bertz CT molecular complexity index is 616. The molecule has 0 aliphatic carbocycles. The van der Waals surface area contributed by atoms with Gasteiger partial charge >= 0.3 is 0 Å². The molecule has 0 saturated carbocycles. The number of benzene rings is 2. The summed E-state index contributed by atoms with van der Waals surface area (Å²) in [5.74, 6) is -0.0586. The molecule has 116 valence electrons. The normalized spacial score (nSPS) is 10.5. The molecular formula is C17H17F2NOS. The van der Waals surface area contributed by atoms with Gasteiger partial charge in [-0.1, -0.05) is 24.3 Å². The number of carbonyl (C=O) groups excluding carboxylic acids is 1. The molecule has 0 aromatic heterocycles. The van der Waals surface area contributed by atoms with Crippen LogP contribution in [0.3, 0.4) is 0 Å². The third-order valence-corrected chi connectivity index (χ3v) is 4.12. The Morgan fingerprint density at radius 3 is 2.50 bits per heavy atom. The predicted molar refractivity (Wildman–Crippen MR) is 84.9 cm³/mol. The zero-order valence-electron chi connectivity index (χ0n) is 12.0. The van der Waals surface area contributed by atoms with Gasteiger partial charge in [0.15, 0.2) is 0 Å². The second kappa shape index (κ2) is 8.54. The molecule has 0 unspecified atom stereocenters. The molecule has 0 aliphatic heterocycles. The van der Waals surface area contributed by atoms with E-state index in [4.69, 9.17) is 0 Å². The Morgan fingerprint density at radius 2 is 1.77 bits per heavy atom. The lowest BCUT2D eigenvalue weighted by molar-refractivity contribution is -0.120. The molecule has 0 spiro atoms. The van der Waals surface area contributed by atoms with Gasteiger partial charge in [0.25, 0.3) is 0 Å². The smallest absolute Gasteiger partial charge is 0.220 e. The van der Waals surface area contributed by atoms with Crippen LogP contribution in [0.1, 0.15) is 12.0 Å². The summed E-state index contributed by atoms with van der Waals surface area (Å²) >= 11 is 1.33. The molecule has 0 saturated heterocycles. The fourth-order valence-electron chi connectivity index (χ4n) is 1.90. The monoisotopic (exact) mass is 321 g/mol. The summed E-state index contributed by atoms with van der Waals surface area (Å²) < 4.78 is 26.1. The summed E-state index contributed by atoms with van der Waals surface area (Å²) in [6.07, 6.45) is 0.995. The molecule has 5 heteroatoms. The van der Waals surface area contributed by atoms with Gasteiger partial charge in [-0.25, -0.2) is 8.78 Å². The Balaban J connectivity index is 1.64. The van der Waals surface area contributed by atoms with Gasteiger partial charge in [-0.3, -0.25) is 4.79 Å². The van der Waals surface area contributed by atoms with E-state index >= 15 is 0 Å². The van der Waals surface area contributed by atoms with Crippen molar-refractivity contribution >= 4 is 17.7 Å². The number of thioether (sulfide) groups is 1. The first kappa shape index (κ1) is 16.5. The highest BCUT2D eigenvalue weighted by Gasteiger charge is 2.04. The Labute approximate surface area is 132 Å². The van der Waals surface area contributed by atoms with Gasteiger partial charge in [0, 0.05) is 23.6 Å². The second-order valence-electron chi connectivity index (χ2n) is 4.76. The van der Waals surface area contributed by atoms with E-state index in [0.29, 0.717) is 30.0 Å². The van der Waals surface area contributed by atoms with Crippen LogP contribution in [-0.2, 0) is 11.2 Å². The quantitative estimate of drug-likeness (QED) is 0.786. The summed E-state index contributed by atoms with van der Waals surface area (Å²) in [5, 5.41) is 2.81. The van der Waals surface area contributed by atoms with Crippen LogP contribution < -0.4 is 5.32 Å². The molecule has 0 atom stereocenters. The summed E-state index contributed by atoms with van der Waals surface area (Å²) in [5.41, 5.74) is 0.974. The Kier molecular flexibility index (Phi) is 6.40. The fraction of sp³-hybridized carbons (Fsp3) is 0.235. The fourth-order valence-corrected chi connectivity index (χ4v) is 2.79. The molecule has 2 aromatic carbocycles. The molecule has 22 heavy (non-hydrogen) atoms. The zero-order chi connectivity index (χ0) is 15.8. The number of amides is 1. The molecule has 1 amide bonds. The van der Waals surface area contributed by atoms with Crippen LogP contribution in [0, 0.1) is 11.6 Å². The summed E-state index contributed by atoms with van der Waals surface area (Å²) in [7, 11) is 0. The highest BCUT2D eigenvalue weighted by molar-refractivity contribution is 7.99. The first-order chi connectivity index (χ1) is 10.6. The molecule has 0 bridgehead atoms. The van der Waals surface area contributed by atoms with Crippen LogP contribution in [0.2, 0.25) is 0 Å². The SMILES string of the molecule is O=C(CCSc1ccccc1F)NCCc1ccc(F)cc1. The number of halogens is 2. The van der Waals surface area contributed by atoms with Crippen LogP contribution >= 0.6 is 11.8 Å². The van der Waals surface area contributed by atoms with Crippen molar-refractivity contribution in [1.29, 1.82) is 0 Å². The molecule has 2 aromatic rings. The predicted octanol–water partition coefficient (Wildman–Crippen LogP) is 3.81. The van der Waals surface area contributed by atoms with Gasteiger partial charge in [-0.2, -0.15) is 0 Å². The first-order valence-electron chi connectivity index (χ1n) is 7.03. The molecule has 0 fully saturated rings. The third kappa shape index (κ3) is 5.48. The lowest BCUT2D eigenvalue weighted by Gasteiger charge is -2.06. The molecule has 2 rings (SSSR count). The van der Waals surface area contributed by atoms with Gasteiger partial charge in [0.05, 0.1) is 0 Å². The molecule has 2 nitrogen and oxygen atoms in total. The lowest BCUT2D eigenvalue weighted by Crippen LogP contribution is -2.25. The van der Waals surface area contributed by atoms with Crippen molar-refractivity contribution in [3.8, 4) is 0 Å². The lowest BCUT2D eigenvalue weighted by atomic mass is 10.1. The maximum atomic E-state index is 13.4. The van der Waals surface area contributed by atoms with Gasteiger partial charge in [0.1, 0.15) is 11.6 Å². The van der Waals surface area contributed by atoms with Crippen molar-refractivity contribution in [3.63, 3.8) is 0 Å². The van der Waals surface area contributed by atoms with Crippen molar-refractivity contribution < 1.29 is 13.6 Å². The van der Waals surface area contributed by atoms with Crippen molar-refractivity contribution in [2.24, 2.45) is 0 Å². The van der Waals surface area contributed by atoms with Crippen molar-refractivity contribution in [1.82, 2.24) is 5.32 Å². The van der Waals surface area contributed by atoms with E-state index in [1.54, 1.807) is 30.3 Å². The molecular weight excluding hydrogens is 304 g/mol. The highest BCUT2D eigenvalue weighted by atomic mass is 32.2. The van der Waals surface area contributed by atoms with Crippen LogP contribution in [0.5, 0.6) is 0 Å². The van der Waals surface area contributed by atoms with Gasteiger partial charge in [0.2, 0.25) is 5.91 Å². The number of carbonyl (C=O) groups is 1. The van der Waals surface area contributed by atoms with E-state index in [1.165, 1.54) is 30.0 Å². The topological polar surface area (TPSA) is 29.1 Å². The number of rotatable bonds is 7. The van der Waals surface area contributed by atoms with Crippen LogP contribution in [0.25, 0.3) is 0 Å². The largest absolute Gasteiger partial charge is 0.356 e. The van der Waals surface area contributed by atoms with Crippen LogP contribution in [0.15, 0.2) is 53.4 Å².